The van der Waals surface area contributed by atoms with Crippen LogP contribution in [0.2, 0.25) is 0 Å². The molecule has 0 bridgehead atoms. The number of carbonyl (C=O) groups is 2. The molecule has 5 rings (SSSR count). The van der Waals surface area contributed by atoms with Crippen molar-refractivity contribution in [2.24, 2.45) is 0 Å². The van der Waals surface area contributed by atoms with E-state index in [2.05, 4.69) is 40.4 Å². The largest absolute Gasteiger partial charge is 0.334 e. The van der Waals surface area contributed by atoms with Gasteiger partial charge in [0.2, 0.25) is 0 Å². The minimum Gasteiger partial charge on any atom is -0.334 e. The molecule has 35 heavy (non-hydrogen) atoms. The van der Waals surface area contributed by atoms with Gasteiger partial charge in [-0.2, -0.15) is 0 Å². The van der Waals surface area contributed by atoms with Crippen LogP contribution in [0.5, 0.6) is 0 Å². The van der Waals surface area contributed by atoms with Gasteiger partial charge in [0.15, 0.2) is 0 Å². The van der Waals surface area contributed by atoms with Crippen LogP contribution in [-0.4, -0.2) is 52.0 Å². The maximum absolute atomic E-state index is 13.7. The fourth-order valence-corrected chi connectivity index (χ4v) is 5.69. The number of nitrogens with zero attached hydrogens (tertiary/aromatic N) is 3. The Bertz CT molecular complexity index is 1390. The van der Waals surface area contributed by atoms with Gasteiger partial charge >= 0.3 is 6.03 Å². The van der Waals surface area contributed by atoms with E-state index in [1.807, 2.05) is 66.1 Å². The van der Waals surface area contributed by atoms with Gasteiger partial charge in [0, 0.05) is 43.3 Å². The number of hydrogen-bond donors (Lipinski definition) is 1. The monoisotopic (exact) mass is 486 g/mol. The third-order valence-corrected chi connectivity index (χ3v) is 7.71. The minimum atomic E-state index is -0.126. The van der Waals surface area contributed by atoms with Crippen LogP contribution in [0.25, 0.3) is 10.2 Å². The Balaban J connectivity index is 1.33. The van der Waals surface area contributed by atoms with Crippen molar-refractivity contribution in [2.75, 3.05) is 25.0 Å². The van der Waals surface area contributed by atoms with Crippen molar-refractivity contribution in [3.05, 3.63) is 88.4 Å². The Kier molecular flexibility index (Phi) is 6.34. The number of urea groups is 1. The third kappa shape index (κ3) is 4.68. The molecule has 0 saturated carbocycles. The summed E-state index contributed by atoms with van der Waals surface area (Å²) >= 11 is 1.66. The summed E-state index contributed by atoms with van der Waals surface area (Å²) in [6.07, 6.45) is 0. The molecule has 6 nitrogen and oxygen atoms in total. The van der Waals surface area contributed by atoms with Crippen LogP contribution in [0.4, 0.5) is 10.5 Å². The number of piperazine rings is 1. The topological polar surface area (TPSA) is 57.6 Å². The van der Waals surface area contributed by atoms with Crippen LogP contribution in [0.3, 0.4) is 0 Å². The van der Waals surface area contributed by atoms with Gasteiger partial charge in [-0.1, -0.05) is 36.4 Å². The zero-order chi connectivity index (χ0) is 24.5. The molecule has 1 N–H and O–H groups in total. The molecule has 7 heteroatoms. The van der Waals surface area contributed by atoms with Crippen molar-refractivity contribution in [3.8, 4) is 0 Å². The first-order valence-electron chi connectivity index (χ1n) is 12.0. The van der Waals surface area contributed by atoms with Gasteiger partial charge in [-0.15, -0.1) is 11.3 Å². The molecule has 0 radical (unpaired) electrons. The first-order valence-corrected chi connectivity index (χ1v) is 12.8. The number of anilines is 1. The van der Waals surface area contributed by atoms with E-state index in [1.54, 1.807) is 11.3 Å². The van der Waals surface area contributed by atoms with Gasteiger partial charge in [0.1, 0.15) is 10.5 Å². The highest BCUT2D eigenvalue weighted by molar-refractivity contribution is 7.16. The Hall–Kier alpha value is -3.58. The number of rotatable bonds is 4. The van der Waals surface area contributed by atoms with E-state index in [9.17, 15) is 9.59 Å². The second-order valence-corrected chi connectivity index (χ2v) is 10.2. The second-order valence-electron chi connectivity index (χ2n) is 9.32. The van der Waals surface area contributed by atoms with E-state index in [0.29, 0.717) is 31.9 Å². The predicted molar refractivity (Wildman–Crippen MR) is 142 cm³/mol. The van der Waals surface area contributed by atoms with Crippen LogP contribution < -0.4 is 5.32 Å². The highest BCUT2D eigenvalue weighted by Crippen LogP contribution is 2.28. The molecule has 3 amide bonds. The van der Waals surface area contributed by atoms with Crippen molar-refractivity contribution in [1.29, 1.82) is 0 Å². The SMILES string of the molecule is Cc1cccc(NC(=O)N2CCN(C(=O)c3cc4ccsc4n3Cc3ccccc3C)CC2C)c1. The number of thiophene rings is 1. The number of benzene rings is 2. The molecule has 2 aromatic heterocycles. The summed E-state index contributed by atoms with van der Waals surface area (Å²) in [4.78, 5) is 31.4. The van der Waals surface area contributed by atoms with Crippen LogP contribution in [0.1, 0.15) is 34.1 Å². The lowest BCUT2D eigenvalue weighted by Crippen LogP contribution is -2.56. The fraction of sp³-hybridized carbons (Fsp3) is 0.286. The maximum Gasteiger partial charge on any atom is 0.322 e. The minimum absolute atomic E-state index is 0.0209. The fourth-order valence-electron chi connectivity index (χ4n) is 4.79. The normalized spacial score (nSPS) is 16.0. The highest BCUT2D eigenvalue weighted by atomic mass is 32.1. The van der Waals surface area contributed by atoms with Crippen molar-refractivity contribution >= 4 is 39.2 Å². The third-order valence-electron chi connectivity index (χ3n) is 6.76. The number of aromatic nitrogens is 1. The molecule has 180 valence electrons. The standard InChI is InChI=1S/C28H30N4O2S/c1-19-7-6-10-24(15-19)29-28(34)31-13-12-30(17-21(31)3)26(33)25-16-22-11-14-35-27(22)32(25)18-23-9-5-4-8-20(23)2/h4-11,14-16,21H,12-13,17-18H2,1-3H3,(H,29,34). The quantitative estimate of drug-likeness (QED) is 0.400. The van der Waals surface area contributed by atoms with E-state index in [1.165, 1.54) is 11.1 Å². The molecule has 0 spiro atoms. The van der Waals surface area contributed by atoms with Gasteiger partial charge < -0.3 is 19.7 Å². The first kappa shape index (κ1) is 23.2. The summed E-state index contributed by atoms with van der Waals surface area (Å²) in [6.45, 7) is 8.27. The lowest BCUT2D eigenvalue weighted by molar-refractivity contribution is 0.0583. The molecule has 0 aliphatic carbocycles. The maximum atomic E-state index is 13.7. The summed E-state index contributed by atoms with van der Waals surface area (Å²) in [5, 5.41) is 6.16. The summed E-state index contributed by atoms with van der Waals surface area (Å²) in [5.41, 5.74) is 5.01. The van der Waals surface area contributed by atoms with E-state index >= 15 is 0 Å². The van der Waals surface area contributed by atoms with E-state index in [-0.39, 0.29) is 18.0 Å². The van der Waals surface area contributed by atoms with Crippen molar-refractivity contribution in [2.45, 2.75) is 33.4 Å². The van der Waals surface area contributed by atoms with Gasteiger partial charge in [0.05, 0.1) is 0 Å². The number of aryl methyl sites for hydroxylation is 2. The lowest BCUT2D eigenvalue weighted by Gasteiger charge is -2.39. The molecule has 1 unspecified atom stereocenters. The van der Waals surface area contributed by atoms with Gasteiger partial charge in [-0.3, -0.25) is 4.79 Å². The summed E-state index contributed by atoms with van der Waals surface area (Å²) in [7, 11) is 0. The van der Waals surface area contributed by atoms with Crippen molar-refractivity contribution in [3.63, 3.8) is 0 Å². The van der Waals surface area contributed by atoms with Crippen LogP contribution in [-0.2, 0) is 6.54 Å². The second kappa shape index (κ2) is 9.58. The molecular weight excluding hydrogens is 456 g/mol. The first-order chi connectivity index (χ1) is 16.9. The summed E-state index contributed by atoms with van der Waals surface area (Å²) in [5.74, 6) is 0.0209. The molecule has 3 heterocycles. The smallest absolute Gasteiger partial charge is 0.322 e. The molecule has 4 aromatic rings. The lowest BCUT2D eigenvalue weighted by atomic mass is 10.1. The van der Waals surface area contributed by atoms with Crippen LogP contribution >= 0.6 is 11.3 Å². The average molecular weight is 487 g/mol. The number of fused-ring (bicyclic) bond motifs is 1. The number of amides is 3. The van der Waals surface area contributed by atoms with Gasteiger partial charge in [-0.05, 0) is 67.1 Å². The Morgan fingerprint density at radius 2 is 1.86 bits per heavy atom. The molecular formula is C28H30N4O2S. The number of carbonyl (C=O) groups excluding carboxylic acids is 2. The predicted octanol–water partition coefficient (Wildman–Crippen LogP) is 5.75. The summed E-state index contributed by atoms with van der Waals surface area (Å²) in [6, 6.07) is 20.0. The van der Waals surface area contributed by atoms with Crippen molar-refractivity contribution in [1.82, 2.24) is 14.4 Å². The summed E-state index contributed by atoms with van der Waals surface area (Å²) < 4.78 is 2.14. The van der Waals surface area contributed by atoms with Gasteiger partial charge in [-0.25, -0.2) is 4.79 Å². The van der Waals surface area contributed by atoms with Gasteiger partial charge in [0.25, 0.3) is 5.91 Å². The Morgan fingerprint density at radius 1 is 1.03 bits per heavy atom. The molecule has 1 saturated heterocycles. The number of nitrogens with one attached hydrogen (secondary N) is 1. The molecule has 1 atom stereocenters. The molecule has 1 aliphatic heterocycles. The number of hydrogen-bond acceptors (Lipinski definition) is 3. The zero-order valence-corrected chi connectivity index (χ0v) is 21.1. The van der Waals surface area contributed by atoms with Crippen LogP contribution in [0, 0.1) is 13.8 Å². The van der Waals surface area contributed by atoms with E-state index in [4.69, 9.17) is 0 Å². The van der Waals surface area contributed by atoms with Crippen molar-refractivity contribution < 1.29 is 9.59 Å². The zero-order valence-electron chi connectivity index (χ0n) is 20.3. The molecule has 2 aromatic carbocycles. The molecule has 1 aliphatic rings. The van der Waals surface area contributed by atoms with E-state index < -0.39 is 0 Å². The Labute approximate surface area is 209 Å². The van der Waals surface area contributed by atoms with Crippen LogP contribution in [0.15, 0.2) is 66.0 Å². The average Bonchev–Trinajstić information content (AvgIpc) is 3.42. The molecule has 1 fully saturated rings. The van der Waals surface area contributed by atoms with E-state index in [0.717, 1.165) is 21.5 Å². The Morgan fingerprint density at radius 3 is 2.63 bits per heavy atom. The highest BCUT2D eigenvalue weighted by Gasteiger charge is 2.32.